The van der Waals surface area contributed by atoms with Crippen LogP contribution in [-0.2, 0) is 11.3 Å². The number of nitrogen functional groups attached to an aromatic ring is 1. The molecule has 224 valence electrons. The highest BCUT2D eigenvalue weighted by molar-refractivity contribution is 6.33. The number of pyridine rings is 1. The van der Waals surface area contributed by atoms with E-state index in [1.54, 1.807) is 0 Å². The van der Waals surface area contributed by atoms with E-state index in [2.05, 4.69) is 11.6 Å². The number of carbonyl (C=O) groups is 1. The molecule has 0 atom stereocenters. The maximum atomic E-state index is 15.9. The summed E-state index contributed by atoms with van der Waals surface area (Å²) in [6, 6.07) is 11.2. The van der Waals surface area contributed by atoms with E-state index in [0.29, 0.717) is 5.69 Å². The van der Waals surface area contributed by atoms with Gasteiger partial charge in [0.05, 0.1) is 47.1 Å². The lowest BCUT2D eigenvalue weighted by Gasteiger charge is -2.44. The van der Waals surface area contributed by atoms with Gasteiger partial charge in [-0.05, 0) is 47.2 Å². The quantitative estimate of drug-likeness (QED) is 0.168. The number of anilines is 1. The minimum absolute atomic E-state index is 0.0106. The maximum Gasteiger partial charge on any atom is 0.322 e. The number of hydrogen-bond donors (Lipinski definition) is 1. The summed E-state index contributed by atoms with van der Waals surface area (Å²) in [7, 11) is 0. The average molecular weight is 608 g/mol. The van der Waals surface area contributed by atoms with Crippen molar-refractivity contribution in [2.75, 3.05) is 18.8 Å². The summed E-state index contributed by atoms with van der Waals surface area (Å²) in [4.78, 5) is 45.8. The first-order valence-corrected chi connectivity index (χ1v) is 14.3. The molecular weight excluding hydrogens is 576 g/mol. The third-order valence-electron chi connectivity index (χ3n) is 7.80. The number of amides is 1. The number of likely N-dealkylation sites (tertiary alicyclic amines) is 1. The first-order chi connectivity index (χ1) is 20.3. The molecule has 1 fully saturated rings. The van der Waals surface area contributed by atoms with Crippen molar-refractivity contribution in [2.45, 2.75) is 51.7 Å². The lowest BCUT2D eigenvalue weighted by Crippen LogP contribution is -2.63. The summed E-state index contributed by atoms with van der Waals surface area (Å²) >= 11 is 6.67. The van der Waals surface area contributed by atoms with E-state index in [9.17, 15) is 14.4 Å². The van der Waals surface area contributed by atoms with Gasteiger partial charge in [-0.3, -0.25) is 23.5 Å². The Bertz CT molecular complexity index is 1860. The van der Waals surface area contributed by atoms with Gasteiger partial charge in [-0.25, -0.2) is 13.8 Å². The van der Waals surface area contributed by atoms with Gasteiger partial charge in [0.25, 0.3) is 0 Å². The summed E-state index contributed by atoms with van der Waals surface area (Å²) in [5, 5.41) is -0.0474. The number of alkyl halides is 1. The first-order valence-electron chi connectivity index (χ1n) is 13.9. The van der Waals surface area contributed by atoms with E-state index in [1.165, 1.54) is 33.7 Å². The molecule has 43 heavy (non-hydrogen) atoms. The van der Waals surface area contributed by atoms with Crippen LogP contribution in [0, 0.1) is 5.82 Å². The van der Waals surface area contributed by atoms with Gasteiger partial charge in [0.15, 0.2) is 11.3 Å². The summed E-state index contributed by atoms with van der Waals surface area (Å²) in [5.41, 5.74) is 4.31. The predicted molar refractivity (Wildman–Crippen MR) is 165 cm³/mol. The fourth-order valence-electron chi connectivity index (χ4n) is 5.66. The van der Waals surface area contributed by atoms with Gasteiger partial charge in [0.1, 0.15) is 5.82 Å². The summed E-state index contributed by atoms with van der Waals surface area (Å²) in [5.74, 6) is -1.22. The second-order valence-corrected chi connectivity index (χ2v) is 11.9. The van der Waals surface area contributed by atoms with Crippen LogP contribution in [0.4, 0.5) is 14.5 Å². The zero-order valence-corrected chi connectivity index (χ0v) is 25.1. The molecule has 5 rings (SSSR count). The number of fused-ring (bicyclic) bond motifs is 1. The Morgan fingerprint density at radius 1 is 1.09 bits per heavy atom. The van der Waals surface area contributed by atoms with Crippen LogP contribution in [0.3, 0.4) is 0 Å². The van der Waals surface area contributed by atoms with Gasteiger partial charge in [-0.1, -0.05) is 70.1 Å². The Hall–Kier alpha value is -4.31. The molecule has 4 aromatic rings. The number of carbonyl (C=O) groups excluding carboxylic acids is 1. The Balaban J connectivity index is 1.88. The number of aromatic nitrogens is 3. The molecule has 11 heteroatoms. The van der Waals surface area contributed by atoms with Gasteiger partial charge in [-0.2, -0.15) is 0 Å². The van der Waals surface area contributed by atoms with Crippen molar-refractivity contribution in [3.63, 3.8) is 0 Å². The topological polar surface area (TPSA) is 103 Å². The highest BCUT2D eigenvalue weighted by atomic mass is 35.5. The van der Waals surface area contributed by atoms with E-state index in [1.807, 2.05) is 45.9 Å². The van der Waals surface area contributed by atoms with Crippen LogP contribution in [0.15, 0.2) is 64.7 Å². The molecule has 2 N–H and O–H groups in total. The third kappa shape index (κ3) is 5.14. The zero-order chi connectivity index (χ0) is 31.4. The lowest BCUT2D eigenvalue weighted by atomic mass is 9.92. The van der Waals surface area contributed by atoms with Gasteiger partial charge in [-0.15, -0.1) is 0 Å². The Morgan fingerprint density at radius 2 is 1.70 bits per heavy atom. The van der Waals surface area contributed by atoms with E-state index in [0.717, 1.165) is 21.8 Å². The third-order valence-corrected chi connectivity index (χ3v) is 8.08. The van der Waals surface area contributed by atoms with E-state index in [4.69, 9.17) is 17.3 Å². The molecule has 1 amide bonds. The molecule has 0 unspecified atom stereocenters. The minimum Gasteiger partial charge on any atom is -0.398 e. The number of para-hydroxylation sites is 1. The fraction of sp³-hybridized carbons (Fsp3) is 0.312. The van der Waals surface area contributed by atoms with Crippen molar-refractivity contribution < 1.29 is 13.6 Å². The number of nitrogens with two attached hydrogens (primary N) is 1. The monoisotopic (exact) mass is 607 g/mol. The molecule has 0 bridgehead atoms. The van der Waals surface area contributed by atoms with E-state index in [-0.39, 0.29) is 58.1 Å². The van der Waals surface area contributed by atoms with Crippen LogP contribution >= 0.6 is 11.6 Å². The second kappa shape index (κ2) is 11.1. The smallest absolute Gasteiger partial charge is 0.322 e. The van der Waals surface area contributed by atoms with Crippen molar-refractivity contribution in [1.29, 1.82) is 0 Å². The standard InChI is InChI=1S/C32H32ClF2N5O3/c1-6-25(41)38-14-32(35,15-38)16-39-24-13-21(33)27(26-22(34)11-8-12-23(26)36)37-29(24)40(31(43)30(39)42)28-19(17(2)3)9-7-10-20(28)18(4)5/h6-13,17-18H,1,14-16,36H2,2-5H3. The molecule has 2 aromatic carbocycles. The molecule has 3 heterocycles. The molecule has 0 aliphatic carbocycles. The largest absolute Gasteiger partial charge is 0.398 e. The SMILES string of the molecule is C=CC(=O)N1CC(F)(Cn2c(=O)c(=O)n(-c3c(C(C)C)cccc3C(C)C)c3nc(-c4c(N)cccc4F)c(Cl)cc32)C1. The Morgan fingerprint density at radius 3 is 2.26 bits per heavy atom. The number of benzene rings is 2. The average Bonchev–Trinajstić information content (AvgIpc) is 2.94. The molecule has 1 saturated heterocycles. The van der Waals surface area contributed by atoms with Crippen molar-refractivity contribution in [3.8, 4) is 16.9 Å². The molecule has 0 spiro atoms. The van der Waals surface area contributed by atoms with Crippen LogP contribution in [0.2, 0.25) is 5.02 Å². The number of nitrogens with zero attached hydrogens (tertiary/aromatic N) is 4. The van der Waals surface area contributed by atoms with Gasteiger partial charge in [0, 0.05) is 5.69 Å². The van der Waals surface area contributed by atoms with Crippen LogP contribution in [0.25, 0.3) is 28.1 Å². The van der Waals surface area contributed by atoms with E-state index >= 15 is 8.78 Å². The minimum atomic E-state index is -1.99. The van der Waals surface area contributed by atoms with Crippen LogP contribution in [0.1, 0.15) is 50.7 Å². The van der Waals surface area contributed by atoms with Crippen LogP contribution in [0.5, 0.6) is 0 Å². The lowest BCUT2D eigenvalue weighted by molar-refractivity contribution is -0.141. The van der Waals surface area contributed by atoms with Crippen LogP contribution < -0.4 is 16.9 Å². The van der Waals surface area contributed by atoms with E-state index < -0.39 is 35.1 Å². The molecule has 1 aliphatic heterocycles. The zero-order valence-electron chi connectivity index (χ0n) is 24.3. The van der Waals surface area contributed by atoms with Crippen molar-refractivity contribution in [3.05, 3.63) is 97.8 Å². The first kappa shape index (κ1) is 30.2. The molecular formula is C32H32ClF2N5O3. The predicted octanol–water partition coefficient (Wildman–Crippen LogP) is 5.57. The highest BCUT2D eigenvalue weighted by Gasteiger charge is 2.46. The van der Waals surface area contributed by atoms with Crippen molar-refractivity contribution >= 4 is 34.4 Å². The van der Waals surface area contributed by atoms with Crippen molar-refractivity contribution in [2.24, 2.45) is 0 Å². The number of rotatable bonds is 7. The molecule has 0 saturated carbocycles. The normalized spacial score (nSPS) is 14.4. The Labute approximate surface area is 252 Å². The summed E-state index contributed by atoms with van der Waals surface area (Å²) in [6.45, 7) is 10.2. The molecule has 8 nitrogen and oxygen atoms in total. The Kier molecular flexibility index (Phi) is 7.77. The van der Waals surface area contributed by atoms with Crippen LogP contribution in [-0.4, -0.2) is 43.7 Å². The molecule has 1 aliphatic rings. The molecule has 2 aromatic heterocycles. The van der Waals surface area contributed by atoms with Gasteiger partial charge >= 0.3 is 11.1 Å². The maximum absolute atomic E-state index is 15.9. The number of hydrogen-bond acceptors (Lipinski definition) is 5. The summed E-state index contributed by atoms with van der Waals surface area (Å²) < 4.78 is 33.2. The summed E-state index contributed by atoms with van der Waals surface area (Å²) in [6.07, 6.45) is 1.08. The number of halogens is 3. The molecule has 0 radical (unpaired) electrons. The second-order valence-electron chi connectivity index (χ2n) is 11.5. The highest BCUT2D eigenvalue weighted by Crippen LogP contribution is 2.37. The van der Waals surface area contributed by atoms with Crippen molar-refractivity contribution in [1.82, 2.24) is 19.0 Å². The van der Waals surface area contributed by atoms with Gasteiger partial charge < -0.3 is 10.6 Å². The fourth-order valence-corrected chi connectivity index (χ4v) is 5.90. The van der Waals surface area contributed by atoms with Gasteiger partial charge in [0.2, 0.25) is 5.91 Å².